The smallest absolute Gasteiger partial charge is 0.165 e. The van der Waals surface area contributed by atoms with Crippen molar-refractivity contribution >= 4 is 15.9 Å². The first-order chi connectivity index (χ1) is 10.0. The summed E-state index contributed by atoms with van der Waals surface area (Å²) in [5.74, 6) is 0.338. The van der Waals surface area contributed by atoms with Crippen LogP contribution in [0.4, 0.5) is 4.39 Å². The molecule has 21 heavy (non-hydrogen) atoms. The Morgan fingerprint density at radius 2 is 1.81 bits per heavy atom. The predicted molar refractivity (Wildman–Crippen MR) is 82.3 cm³/mol. The minimum absolute atomic E-state index is 0.189. The zero-order chi connectivity index (χ0) is 15.4. The van der Waals surface area contributed by atoms with Crippen LogP contribution in [0.15, 0.2) is 40.9 Å². The number of ether oxygens (including phenoxy) is 2. The molecule has 0 aliphatic carbocycles. The molecule has 3 nitrogen and oxygen atoms in total. The maximum atomic E-state index is 13.7. The van der Waals surface area contributed by atoms with Crippen LogP contribution >= 0.6 is 15.9 Å². The fraction of sp³-hybridized carbons (Fsp3) is 0.250. The highest BCUT2D eigenvalue weighted by Gasteiger charge is 2.15. The van der Waals surface area contributed by atoms with Crippen molar-refractivity contribution in [3.8, 4) is 11.5 Å². The largest absolute Gasteiger partial charge is 0.496 e. The van der Waals surface area contributed by atoms with Crippen molar-refractivity contribution in [3.63, 3.8) is 0 Å². The van der Waals surface area contributed by atoms with Gasteiger partial charge < -0.3 is 14.6 Å². The molecule has 0 heterocycles. The third kappa shape index (κ3) is 3.74. The Morgan fingerprint density at radius 1 is 1.10 bits per heavy atom. The van der Waals surface area contributed by atoms with Crippen molar-refractivity contribution in [3.05, 3.63) is 57.8 Å². The van der Waals surface area contributed by atoms with E-state index in [0.29, 0.717) is 23.3 Å². The Labute approximate surface area is 131 Å². The molecule has 5 heteroatoms. The lowest BCUT2D eigenvalue weighted by molar-refractivity contribution is 0.174. The van der Waals surface area contributed by atoms with Crippen molar-refractivity contribution in [2.75, 3.05) is 14.2 Å². The zero-order valence-electron chi connectivity index (χ0n) is 11.8. The molecule has 1 N–H and O–H groups in total. The normalized spacial score (nSPS) is 12.0. The highest BCUT2D eigenvalue weighted by Crippen LogP contribution is 2.31. The summed E-state index contributed by atoms with van der Waals surface area (Å²) < 4.78 is 24.7. The molecule has 2 aromatic carbocycles. The summed E-state index contributed by atoms with van der Waals surface area (Å²) in [5, 5.41) is 10.3. The van der Waals surface area contributed by atoms with E-state index in [9.17, 15) is 9.50 Å². The van der Waals surface area contributed by atoms with Crippen LogP contribution in [0.3, 0.4) is 0 Å². The van der Waals surface area contributed by atoms with Crippen LogP contribution < -0.4 is 9.47 Å². The number of hydrogen-bond donors (Lipinski definition) is 1. The number of aliphatic hydroxyl groups is 1. The maximum absolute atomic E-state index is 13.7. The molecule has 0 saturated carbocycles. The van der Waals surface area contributed by atoms with Crippen LogP contribution in [0.5, 0.6) is 11.5 Å². The Hall–Kier alpha value is -1.59. The van der Waals surface area contributed by atoms with Gasteiger partial charge in [0, 0.05) is 16.5 Å². The van der Waals surface area contributed by atoms with E-state index in [0.717, 1.165) is 4.47 Å². The molecular weight excluding hydrogens is 339 g/mol. The topological polar surface area (TPSA) is 38.7 Å². The lowest BCUT2D eigenvalue weighted by Gasteiger charge is -2.15. The summed E-state index contributed by atoms with van der Waals surface area (Å²) in [6.07, 6.45) is -0.486. The van der Waals surface area contributed by atoms with E-state index in [2.05, 4.69) is 15.9 Å². The van der Waals surface area contributed by atoms with Crippen molar-refractivity contribution in [2.45, 2.75) is 12.5 Å². The minimum Gasteiger partial charge on any atom is -0.496 e. The number of hydrogen-bond acceptors (Lipinski definition) is 3. The van der Waals surface area contributed by atoms with Crippen molar-refractivity contribution in [2.24, 2.45) is 0 Å². The molecule has 1 atom stereocenters. The van der Waals surface area contributed by atoms with Crippen LogP contribution in [0.1, 0.15) is 17.2 Å². The van der Waals surface area contributed by atoms with Crippen LogP contribution in [-0.4, -0.2) is 19.3 Å². The van der Waals surface area contributed by atoms with E-state index in [1.54, 1.807) is 31.4 Å². The number of rotatable bonds is 5. The molecule has 112 valence electrons. The Bertz CT molecular complexity index is 631. The van der Waals surface area contributed by atoms with E-state index in [4.69, 9.17) is 9.47 Å². The summed E-state index contributed by atoms with van der Waals surface area (Å²) in [5.41, 5.74) is 1.35. The standard InChI is InChI=1S/C16H16BrFO3/c1-20-15-6-3-10(7-13(15)18)8-14(19)12-5-4-11(17)9-16(12)21-2/h3-7,9,14,19H,8H2,1-2H3. The highest BCUT2D eigenvalue weighted by molar-refractivity contribution is 9.10. The fourth-order valence-electron chi connectivity index (χ4n) is 2.13. The van der Waals surface area contributed by atoms with Gasteiger partial charge in [0.05, 0.1) is 20.3 Å². The quantitative estimate of drug-likeness (QED) is 0.885. The molecule has 0 saturated heterocycles. The van der Waals surface area contributed by atoms with Gasteiger partial charge in [0.15, 0.2) is 11.6 Å². The van der Waals surface area contributed by atoms with Gasteiger partial charge in [-0.2, -0.15) is 0 Å². The fourth-order valence-corrected chi connectivity index (χ4v) is 2.47. The lowest BCUT2D eigenvalue weighted by atomic mass is 10.0. The molecule has 0 spiro atoms. The molecule has 0 radical (unpaired) electrons. The average molecular weight is 355 g/mol. The summed E-state index contributed by atoms with van der Waals surface area (Å²) in [6, 6.07) is 10.1. The molecule has 0 amide bonds. The van der Waals surface area contributed by atoms with E-state index in [1.165, 1.54) is 13.2 Å². The average Bonchev–Trinajstić information content (AvgIpc) is 2.47. The van der Waals surface area contributed by atoms with Gasteiger partial charge in [-0.05, 0) is 29.8 Å². The second kappa shape index (κ2) is 6.91. The van der Waals surface area contributed by atoms with E-state index in [1.807, 2.05) is 6.07 Å². The molecule has 0 aromatic heterocycles. The predicted octanol–water partition coefficient (Wildman–Crippen LogP) is 3.88. The van der Waals surface area contributed by atoms with E-state index < -0.39 is 11.9 Å². The second-order valence-corrected chi connectivity index (χ2v) is 5.49. The van der Waals surface area contributed by atoms with Gasteiger partial charge in [0.2, 0.25) is 0 Å². The summed E-state index contributed by atoms with van der Waals surface area (Å²) >= 11 is 3.35. The van der Waals surface area contributed by atoms with E-state index in [-0.39, 0.29) is 5.75 Å². The van der Waals surface area contributed by atoms with Gasteiger partial charge in [0.1, 0.15) is 5.75 Å². The zero-order valence-corrected chi connectivity index (χ0v) is 13.4. The SMILES string of the molecule is COc1ccc(CC(O)c2ccc(Br)cc2OC)cc1F. The van der Waals surface area contributed by atoms with Crippen molar-refractivity contribution in [1.29, 1.82) is 0 Å². The van der Waals surface area contributed by atoms with Gasteiger partial charge in [-0.3, -0.25) is 0 Å². The molecular formula is C16H16BrFO3. The Morgan fingerprint density at radius 3 is 2.43 bits per heavy atom. The van der Waals surface area contributed by atoms with Gasteiger partial charge >= 0.3 is 0 Å². The first-order valence-corrected chi connectivity index (χ1v) is 7.18. The van der Waals surface area contributed by atoms with Crippen LogP contribution in [-0.2, 0) is 6.42 Å². The summed E-state index contributed by atoms with van der Waals surface area (Å²) in [4.78, 5) is 0. The number of aliphatic hydroxyl groups excluding tert-OH is 1. The Kier molecular flexibility index (Phi) is 5.20. The first kappa shape index (κ1) is 15.8. The van der Waals surface area contributed by atoms with Gasteiger partial charge in [0.25, 0.3) is 0 Å². The third-order valence-electron chi connectivity index (χ3n) is 3.20. The molecule has 0 fully saturated rings. The van der Waals surface area contributed by atoms with Crippen LogP contribution in [0.2, 0.25) is 0 Å². The molecule has 2 rings (SSSR count). The van der Waals surface area contributed by atoms with Gasteiger partial charge in [-0.1, -0.05) is 28.1 Å². The van der Waals surface area contributed by atoms with Crippen molar-refractivity contribution < 1.29 is 19.0 Å². The minimum atomic E-state index is -0.777. The molecule has 1 unspecified atom stereocenters. The summed E-state index contributed by atoms with van der Waals surface area (Å²) in [7, 11) is 2.96. The lowest BCUT2D eigenvalue weighted by Crippen LogP contribution is -2.04. The maximum Gasteiger partial charge on any atom is 0.165 e. The number of methoxy groups -OCH3 is 2. The highest BCUT2D eigenvalue weighted by atomic mass is 79.9. The number of benzene rings is 2. The van der Waals surface area contributed by atoms with Crippen LogP contribution in [0.25, 0.3) is 0 Å². The van der Waals surface area contributed by atoms with Crippen molar-refractivity contribution in [1.82, 2.24) is 0 Å². The molecule has 2 aromatic rings. The molecule has 0 aliphatic heterocycles. The summed E-state index contributed by atoms with van der Waals surface area (Å²) in [6.45, 7) is 0. The molecule has 0 bridgehead atoms. The van der Waals surface area contributed by atoms with E-state index >= 15 is 0 Å². The molecule has 0 aliphatic rings. The van der Waals surface area contributed by atoms with Crippen LogP contribution in [0, 0.1) is 5.82 Å². The Balaban J connectivity index is 2.21. The van der Waals surface area contributed by atoms with Gasteiger partial charge in [-0.15, -0.1) is 0 Å². The third-order valence-corrected chi connectivity index (χ3v) is 3.69. The first-order valence-electron chi connectivity index (χ1n) is 6.39. The second-order valence-electron chi connectivity index (χ2n) is 4.58. The monoisotopic (exact) mass is 354 g/mol. The number of halogens is 2. The van der Waals surface area contributed by atoms with Gasteiger partial charge in [-0.25, -0.2) is 4.39 Å².